The first kappa shape index (κ1) is 16.2. The van der Waals surface area contributed by atoms with Crippen LogP contribution in [0.5, 0.6) is 0 Å². The van der Waals surface area contributed by atoms with Crippen molar-refractivity contribution in [2.75, 3.05) is 13.1 Å². The number of aromatic nitrogens is 1. The largest absolute Gasteiger partial charge is 0.321 e. The summed E-state index contributed by atoms with van der Waals surface area (Å²) in [5.74, 6) is 0. The van der Waals surface area contributed by atoms with Gasteiger partial charge >= 0.3 is 0 Å². The van der Waals surface area contributed by atoms with Gasteiger partial charge in [0.2, 0.25) is 0 Å². The van der Waals surface area contributed by atoms with E-state index in [1.807, 2.05) is 0 Å². The maximum Gasteiger partial charge on any atom is 0.251 e. The Morgan fingerprint density at radius 3 is 2.62 bits per heavy atom. The molecule has 0 radical (unpaired) electrons. The van der Waals surface area contributed by atoms with Crippen LogP contribution in [0.4, 0.5) is 4.39 Å². The number of aromatic amines is 1. The monoisotopic (exact) mass is 352 g/mol. The lowest BCUT2D eigenvalue weighted by Gasteiger charge is -2.29. The van der Waals surface area contributed by atoms with Gasteiger partial charge in [0.15, 0.2) is 0 Å². The number of halogens is 1. The quantitative estimate of drug-likeness (QED) is 0.762. The second-order valence-electron chi connectivity index (χ2n) is 8.04. The molecule has 3 aliphatic rings. The Hall–Kier alpha value is -1.94. The molecule has 0 unspecified atom stereocenters. The highest BCUT2D eigenvalue weighted by Gasteiger charge is 2.29. The molecular formula is C22H25FN2O. The standard InChI is InChI=1S/C22H25FN2O/c23-15-8-10-25(11-9-15)13-14-4-3-7-17-19(14)12-20-16-5-1-2-6-18(16)22(26)24-21(17)20/h3-4,7,15H,1-2,5-6,8-13H2,(H,24,26). The molecule has 26 heavy (non-hydrogen) atoms. The van der Waals surface area contributed by atoms with Gasteiger partial charge in [-0.2, -0.15) is 0 Å². The number of benzene rings is 1. The minimum Gasteiger partial charge on any atom is -0.321 e. The van der Waals surface area contributed by atoms with Crippen molar-refractivity contribution >= 4 is 0 Å². The fourth-order valence-corrected chi connectivity index (χ4v) is 5.03. The molecule has 0 bridgehead atoms. The molecule has 1 aliphatic heterocycles. The number of alkyl halides is 1. The molecule has 2 heterocycles. The summed E-state index contributed by atoms with van der Waals surface area (Å²) in [7, 11) is 0. The summed E-state index contributed by atoms with van der Waals surface area (Å²) < 4.78 is 13.4. The van der Waals surface area contributed by atoms with Crippen molar-refractivity contribution in [2.45, 2.75) is 57.7 Å². The number of nitrogens with zero attached hydrogens (tertiary/aromatic N) is 1. The number of nitrogens with one attached hydrogen (secondary N) is 1. The van der Waals surface area contributed by atoms with E-state index < -0.39 is 6.17 Å². The van der Waals surface area contributed by atoms with Crippen LogP contribution in [0.3, 0.4) is 0 Å². The Labute approximate surface area is 153 Å². The number of hydrogen-bond donors (Lipinski definition) is 1. The highest BCUT2D eigenvalue weighted by molar-refractivity contribution is 5.76. The van der Waals surface area contributed by atoms with E-state index in [0.29, 0.717) is 12.8 Å². The number of piperidine rings is 1. The van der Waals surface area contributed by atoms with E-state index in [9.17, 15) is 9.18 Å². The van der Waals surface area contributed by atoms with Crippen molar-refractivity contribution in [1.82, 2.24) is 9.88 Å². The van der Waals surface area contributed by atoms with Gasteiger partial charge in [-0.1, -0.05) is 18.2 Å². The Balaban J connectivity index is 1.51. The van der Waals surface area contributed by atoms with Gasteiger partial charge in [0.05, 0.1) is 5.69 Å². The third-order valence-corrected chi connectivity index (χ3v) is 6.45. The summed E-state index contributed by atoms with van der Waals surface area (Å²) >= 11 is 0. The predicted molar refractivity (Wildman–Crippen MR) is 101 cm³/mol. The Bertz CT molecular complexity index is 909. The van der Waals surface area contributed by atoms with Crippen molar-refractivity contribution in [1.29, 1.82) is 0 Å². The molecule has 1 fully saturated rings. The van der Waals surface area contributed by atoms with Crippen LogP contribution in [0.1, 0.15) is 53.5 Å². The van der Waals surface area contributed by atoms with E-state index in [4.69, 9.17) is 0 Å². The second-order valence-corrected chi connectivity index (χ2v) is 8.04. The molecular weight excluding hydrogens is 327 g/mol. The smallest absolute Gasteiger partial charge is 0.251 e. The van der Waals surface area contributed by atoms with Crippen molar-refractivity contribution in [3.05, 3.63) is 56.4 Å². The Morgan fingerprint density at radius 2 is 1.81 bits per heavy atom. The predicted octanol–water partition coefficient (Wildman–Crippen LogP) is 3.76. The van der Waals surface area contributed by atoms with E-state index in [1.54, 1.807) is 0 Å². The van der Waals surface area contributed by atoms with Crippen LogP contribution < -0.4 is 5.56 Å². The van der Waals surface area contributed by atoms with Crippen molar-refractivity contribution in [2.24, 2.45) is 0 Å². The number of pyridine rings is 1. The van der Waals surface area contributed by atoms with Crippen LogP contribution in [0, 0.1) is 0 Å². The number of fused-ring (bicyclic) bond motifs is 5. The van der Waals surface area contributed by atoms with Gasteiger partial charge in [-0.05, 0) is 60.8 Å². The van der Waals surface area contributed by atoms with Crippen LogP contribution >= 0.6 is 0 Å². The fraction of sp³-hybridized carbons (Fsp3) is 0.500. The van der Waals surface area contributed by atoms with Gasteiger partial charge in [0, 0.05) is 37.2 Å². The molecule has 5 rings (SSSR count). The average molecular weight is 352 g/mol. The van der Waals surface area contributed by atoms with Gasteiger partial charge in [0.25, 0.3) is 5.56 Å². The zero-order valence-corrected chi connectivity index (χ0v) is 15.1. The highest BCUT2D eigenvalue weighted by Crippen LogP contribution is 2.40. The van der Waals surface area contributed by atoms with Crippen molar-refractivity contribution in [3.63, 3.8) is 0 Å². The van der Waals surface area contributed by atoms with Crippen molar-refractivity contribution < 1.29 is 4.39 Å². The van der Waals surface area contributed by atoms with Crippen LogP contribution in [0.2, 0.25) is 0 Å². The first-order valence-electron chi connectivity index (χ1n) is 9.95. The molecule has 1 aromatic heterocycles. The van der Waals surface area contributed by atoms with E-state index in [-0.39, 0.29) is 5.56 Å². The molecule has 1 aromatic carbocycles. The maximum absolute atomic E-state index is 13.4. The first-order chi connectivity index (χ1) is 12.7. The fourth-order valence-electron chi connectivity index (χ4n) is 5.03. The molecule has 2 aromatic rings. The third-order valence-electron chi connectivity index (χ3n) is 6.45. The highest BCUT2D eigenvalue weighted by atomic mass is 19.1. The average Bonchev–Trinajstić information content (AvgIpc) is 3.04. The lowest BCUT2D eigenvalue weighted by Crippen LogP contribution is -2.34. The molecule has 2 aliphatic carbocycles. The summed E-state index contributed by atoms with van der Waals surface area (Å²) in [6.45, 7) is 2.56. The van der Waals surface area contributed by atoms with Gasteiger partial charge in [0.1, 0.15) is 6.17 Å². The molecule has 1 saturated heterocycles. The molecule has 1 N–H and O–H groups in total. The normalized spacial score (nSPS) is 19.9. The van der Waals surface area contributed by atoms with Gasteiger partial charge in [-0.15, -0.1) is 0 Å². The number of likely N-dealkylation sites (tertiary alicyclic amines) is 1. The molecule has 0 atom stereocenters. The minimum atomic E-state index is -0.631. The number of H-pyrrole nitrogens is 1. The molecule has 136 valence electrons. The van der Waals surface area contributed by atoms with Gasteiger partial charge in [-0.25, -0.2) is 4.39 Å². The first-order valence-corrected chi connectivity index (χ1v) is 9.95. The summed E-state index contributed by atoms with van der Waals surface area (Å²) in [5, 5.41) is 0. The molecule has 0 amide bonds. The third kappa shape index (κ3) is 2.62. The molecule has 0 spiro atoms. The van der Waals surface area contributed by atoms with Gasteiger partial charge in [-0.3, -0.25) is 9.69 Å². The minimum absolute atomic E-state index is 0.113. The van der Waals surface area contributed by atoms with Crippen LogP contribution in [0.25, 0.3) is 11.3 Å². The van der Waals surface area contributed by atoms with E-state index in [0.717, 1.165) is 56.6 Å². The Kier molecular flexibility index (Phi) is 3.96. The molecule has 3 nitrogen and oxygen atoms in total. The van der Waals surface area contributed by atoms with Crippen LogP contribution in [-0.4, -0.2) is 29.1 Å². The summed E-state index contributed by atoms with van der Waals surface area (Å²) in [4.78, 5) is 18.1. The summed E-state index contributed by atoms with van der Waals surface area (Å²) in [6.07, 6.45) is 5.86. The van der Waals surface area contributed by atoms with E-state index in [2.05, 4.69) is 28.1 Å². The number of hydrogen-bond acceptors (Lipinski definition) is 2. The van der Waals surface area contributed by atoms with E-state index in [1.165, 1.54) is 34.2 Å². The SMILES string of the molecule is O=c1[nH]c2c(c3c1CCCC3)Cc1c(CN3CCC(F)CC3)cccc1-2. The Morgan fingerprint density at radius 1 is 1.04 bits per heavy atom. The second kappa shape index (κ2) is 6.34. The molecule has 0 saturated carbocycles. The van der Waals surface area contributed by atoms with Crippen molar-refractivity contribution in [3.8, 4) is 11.3 Å². The van der Waals surface area contributed by atoms with Gasteiger partial charge < -0.3 is 4.98 Å². The summed E-state index contributed by atoms with van der Waals surface area (Å²) in [6, 6.07) is 6.45. The molecule has 4 heteroatoms. The number of rotatable bonds is 2. The zero-order chi connectivity index (χ0) is 17.7. The zero-order valence-electron chi connectivity index (χ0n) is 15.1. The van der Waals surface area contributed by atoms with Crippen LogP contribution in [0.15, 0.2) is 23.0 Å². The van der Waals surface area contributed by atoms with E-state index >= 15 is 0 Å². The van der Waals surface area contributed by atoms with Crippen LogP contribution in [-0.2, 0) is 25.8 Å². The lowest BCUT2D eigenvalue weighted by atomic mass is 9.88. The topological polar surface area (TPSA) is 36.1 Å². The lowest BCUT2D eigenvalue weighted by molar-refractivity contribution is 0.145. The summed E-state index contributed by atoms with van der Waals surface area (Å²) in [5.41, 5.74) is 8.75. The maximum atomic E-state index is 13.4.